The smallest absolute Gasteiger partial charge is 0.390 e. The molecule has 67 heavy (non-hydrogen) atoms. The molecule has 2 aliphatic carbocycles. The predicted octanol–water partition coefficient (Wildman–Crippen LogP) is 13.4. The third-order valence-corrected chi connectivity index (χ3v) is 11.8. The SMILES string of the molecule is COc1ccc(Oc2cc(NCCC(F)(F)F)c3ncn(-c4ccc(C(=O)CC5CC5)cc4)c3c2)cc1F.O=C(CC1CC1)c1ccc(-n2cnc3c(NCCC(F)(F)F)cc(Br)cc32)cc1. The Labute approximate surface area is 388 Å². The minimum absolute atomic E-state index is 0.0550. The molecule has 2 N–H and O–H groups in total. The summed E-state index contributed by atoms with van der Waals surface area (Å²) < 4.78 is 105. The topological polar surface area (TPSA) is 112 Å². The van der Waals surface area contributed by atoms with Crippen molar-refractivity contribution >= 4 is 60.9 Å². The maximum Gasteiger partial charge on any atom is 0.390 e. The number of benzene rings is 5. The van der Waals surface area contributed by atoms with E-state index in [1.807, 2.05) is 34.9 Å². The summed E-state index contributed by atoms with van der Waals surface area (Å²) in [6, 6.07) is 25.3. The van der Waals surface area contributed by atoms with Crippen LogP contribution >= 0.6 is 15.9 Å². The van der Waals surface area contributed by atoms with Gasteiger partial charge in [0.1, 0.15) is 35.2 Å². The number of alkyl halides is 6. The normalized spacial score (nSPS) is 13.9. The van der Waals surface area contributed by atoms with Gasteiger partial charge in [0.05, 0.1) is 42.4 Å². The maximum absolute atomic E-state index is 14.2. The third kappa shape index (κ3) is 12.3. The number of anilines is 2. The quantitative estimate of drug-likeness (QED) is 0.0685. The van der Waals surface area contributed by atoms with E-state index in [1.165, 1.54) is 25.3 Å². The molecule has 0 atom stereocenters. The van der Waals surface area contributed by atoms with E-state index >= 15 is 0 Å². The van der Waals surface area contributed by atoms with Crippen LogP contribution in [0.5, 0.6) is 17.2 Å². The molecule has 0 saturated heterocycles. The fourth-order valence-electron chi connectivity index (χ4n) is 7.46. The molecule has 2 saturated carbocycles. The van der Waals surface area contributed by atoms with Crippen LogP contribution in [0.3, 0.4) is 0 Å². The standard InChI is InChI=1S/C28H25F4N3O3.C21H19BrF3N3O/c1-37-26-9-8-20(13-22(26)29)38-21-14-23(33-11-10-28(30,31)32)27-24(15-21)35(16-34-27)19-6-4-18(5-7-19)25(36)12-17-2-3-17;22-15-10-17(26-8-7-21(23,24)25)20-18(11-15)28(12-27-20)16-5-3-14(4-6-16)19(29)9-13-1-2-13/h4-9,13-17,33H,2-3,10-12H2,1H3;3-6,10-13,26H,1-2,7-9H2. The average Bonchev–Trinajstić information content (AvgIpc) is 4.20. The monoisotopic (exact) mass is 992 g/mol. The van der Waals surface area contributed by atoms with E-state index in [-0.39, 0.29) is 41.9 Å². The van der Waals surface area contributed by atoms with Gasteiger partial charge in [-0.25, -0.2) is 14.4 Å². The Hall–Kier alpha value is -6.43. The lowest BCUT2D eigenvalue weighted by molar-refractivity contribution is -0.132. The third-order valence-electron chi connectivity index (χ3n) is 11.3. The number of ketones is 2. The molecule has 350 valence electrons. The van der Waals surface area contributed by atoms with Crippen molar-refractivity contribution < 1.29 is 49.8 Å². The number of nitrogens with zero attached hydrogens (tertiary/aromatic N) is 4. The van der Waals surface area contributed by atoms with Crippen LogP contribution < -0.4 is 20.1 Å². The number of aromatic nitrogens is 4. The van der Waals surface area contributed by atoms with E-state index < -0.39 is 31.0 Å². The molecule has 0 unspecified atom stereocenters. The van der Waals surface area contributed by atoms with Gasteiger partial charge in [0.15, 0.2) is 23.1 Å². The second-order valence-corrected chi connectivity index (χ2v) is 17.5. The fourth-order valence-corrected chi connectivity index (χ4v) is 7.90. The fraction of sp³-hybridized carbons (Fsp3) is 0.306. The first-order valence-electron chi connectivity index (χ1n) is 21.6. The number of methoxy groups -OCH3 is 1. The van der Waals surface area contributed by atoms with Crippen LogP contribution in [0, 0.1) is 17.7 Å². The van der Waals surface area contributed by atoms with Crippen LogP contribution in [0.2, 0.25) is 0 Å². The second-order valence-electron chi connectivity index (χ2n) is 16.6. The van der Waals surface area contributed by atoms with Gasteiger partial charge in [-0.15, -0.1) is 0 Å². The number of Topliss-reactive ketones (excluding diaryl/α,β-unsaturated/α-hetero) is 2. The number of hydrogen-bond acceptors (Lipinski definition) is 8. The molecule has 2 heterocycles. The van der Waals surface area contributed by atoms with Crippen LogP contribution in [0.25, 0.3) is 33.4 Å². The molecule has 0 amide bonds. The molecule has 7 aromatic rings. The lowest BCUT2D eigenvalue weighted by atomic mass is 10.1. The van der Waals surface area contributed by atoms with Gasteiger partial charge in [-0.2, -0.15) is 26.3 Å². The van der Waals surface area contributed by atoms with Crippen molar-refractivity contribution in [2.75, 3.05) is 30.8 Å². The minimum atomic E-state index is -4.32. The van der Waals surface area contributed by atoms with Crippen LogP contribution in [-0.4, -0.2) is 63.2 Å². The van der Waals surface area contributed by atoms with Crippen molar-refractivity contribution in [1.29, 1.82) is 0 Å². The summed E-state index contributed by atoms with van der Waals surface area (Å²) in [6.07, 6.45) is -1.67. The molecule has 0 aliphatic heterocycles. The van der Waals surface area contributed by atoms with E-state index in [9.17, 15) is 40.3 Å². The van der Waals surface area contributed by atoms with E-state index in [0.717, 1.165) is 47.4 Å². The van der Waals surface area contributed by atoms with Gasteiger partial charge in [-0.3, -0.25) is 18.7 Å². The zero-order valence-corrected chi connectivity index (χ0v) is 37.6. The Bertz CT molecular complexity index is 2890. The van der Waals surface area contributed by atoms with Crippen LogP contribution in [0.4, 0.5) is 42.1 Å². The second kappa shape index (κ2) is 19.8. The summed E-state index contributed by atoms with van der Waals surface area (Å²) >= 11 is 3.42. The van der Waals surface area contributed by atoms with Crippen molar-refractivity contribution in [3.63, 3.8) is 0 Å². The van der Waals surface area contributed by atoms with Gasteiger partial charge in [-0.1, -0.05) is 15.9 Å². The Kier molecular flexibility index (Phi) is 13.9. The summed E-state index contributed by atoms with van der Waals surface area (Å²) in [5.41, 5.74) is 6.08. The molecule has 0 spiro atoms. The minimum Gasteiger partial charge on any atom is -0.494 e. The highest BCUT2D eigenvalue weighted by atomic mass is 79.9. The molecule has 9 rings (SSSR count). The Balaban J connectivity index is 0.000000188. The van der Waals surface area contributed by atoms with E-state index in [4.69, 9.17) is 9.47 Å². The summed E-state index contributed by atoms with van der Waals surface area (Å²) in [6.45, 7) is -0.580. The van der Waals surface area contributed by atoms with E-state index in [1.54, 1.807) is 53.6 Å². The Morgan fingerprint density at radius 2 is 1.13 bits per heavy atom. The summed E-state index contributed by atoms with van der Waals surface area (Å²) in [5.74, 6) is 1.20. The number of halogens is 8. The molecule has 2 aliphatic rings. The largest absolute Gasteiger partial charge is 0.494 e. The van der Waals surface area contributed by atoms with E-state index in [0.29, 0.717) is 69.4 Å². The van der Waals surface area contributed by atoms with Gasteiger partial charge in [0.25, 0.3) is 0 Å². The number of imidazole rings is 2. The molecule has 2 aromatic heterocycles. The van der Waals surface area contributed by atoms with Crippen LogP contribution in [0.1, 0.15) is 72.1 Å². The molecule has 10 nitrogen and oxygen atoms in total. The van der Waals surface area contributed by atoms with Crippen molar-refractivity contribution in [1.82, 2.24) is 19.1 Å². The lowest BCUT2D eigenvalue weighted by Gasteiger charge is -2.13. The number of carbonyl (C=O) groups is 2. The van der Waals surface area contributed by atoms with Crippen LogP contribution in [0.15, 0.2) is 108 Å². The van der Waals surface area contributed by atoms with Crippen molar-refractivity contribution in [3.8, 4) is 28.6 Å². The first-order valence-corrected chi connectivity index (χ1v) is 22.4. The lowest BCUT2D eigenvalue weighted by Crippen LogP contribution is -2.14. The first-order chi connectivity index (χ1) is 32.0. The van der Waals surface area contributed by atoms with Gasteiger partial charge in [-0.05, 0) is 110 Å². The predicted molar refractivity (Wildman–Crippen MR) is 245 cm³/mol. The van der Waals surface area contributed by atoms with Gasteiger partial charge >= 0.3 is 12.4 Å². The van der Waals surface area contributed by atoms with Crippen LogP contribution in [-0.2, 0) is 0 Å². The highest BCUT2D eigenvalue weighted by molar-refractivity contribution is 9.10. The highest BCUT2D eigenvalue weighted by Gasteiger charge is 2.29. The number of fused-ring (bicyclic) bond motifs is 2. The highest BCUT2D eigenvalue weighted by Crippen LogP contribution is 2.37. The molecular formula is C49H44BrF7N6O4. The van der Waals surface area contributed by atoms with E-state index in [2.05, 4.69) is 36.5 Å². The van der Waals surface area contributed by atoms with Gasteiger partial charge in [0, 0.05) is 71.1 Å². The zero-order valence-electron chi connectivity index (χ0n) is 36.0. The van der Waals surface area contributed by atoms with Gasteiger partial charge in [0.2, 0.25) is 0 Å². The number of nitrogens with one attached hydrogen (secondary N) is 2. The molecule has 5 aromatic carbocycles. The summed E-state index contributed by atoms with van der Waals surface area (Å²) in [5, 5.41) is 5.63. The molecule has 0 bridgehead atoms. The molecular weight excluding hydrogens is 949 g/mol. The van der Waals surface area contributed by atoms with Crippen molar-refractivity contribution in [3.05, 3.63) is 125 Å². The Morgan fingerprint density at radius 3 is 1.58 bits per heavy atom. The van der Waals surface area contributed by atoms with Crippen molar-refractivity contribution in [2.45, 2.75) is 63.7 Å². The molecule has 18 heteroatoms. The Morgan fingerprint density at radius 1 is 0.657 bits per heavy atom. The zero-order chi connectivity index (χ0) is 47.5. The average molecular weight is 994 g/mol. The summed E-state index contributed by atoms with van der Waals surface area (Å²) in [7, 11) is 1.35. The number of hydrogen-bond donors (Lipinski definition) is 2. The number of rotatable bonds is 17. The van der Waals surface area contributed by atoms with Crippen molar-refractivity contribution in [2.24, 2.45) is 11.8 Å². The molecule has 2 fully saturated rings. The number of carbonyl (C=O) groups excluding carboxylic acids is 2. The first kappa shape index (κ1) is 47.1. The molecule has 0 radical (unpaired) electrons. The maximum atomic E-state index is 14.2. The summed E-state index contributed by atoms with van der Waals surface area (Å²) in [4.78, 5) is 33.5. The number of ether oxygens (including phenoxy) is 2. The van der Waals surface area contributed by atoms with Gasteiger partial charge < -0.3 is 20.1 Å².